The van der Waals surface area contributed by atoms with E-state index < -0.39 is 6.04 Å². The van der Waals surface area contributed by atoms with Gasteiger partial charge >= 0.3 is 5.97 Å². The van der Waals surface area contributed by atoms with Crippen molar-refractivity contribution >= 4 is 41.0 Å². The fourth-order valence-electron chi connectivity index (χ4n) is 4.49. The van der Waals surface area contributed by atoms with Crippen LogP contribution in [0, 0.1) is 20.8 Å². The average molecular weight is 498 g/mol. The molecule has 3 aromatic rings. The van der Waals surface area contributed by atoms with Crippen LogP contribution in [0.25, 0.3) is 10.6 Å². The third kappa shape index (κ3) is 4.21. The van der Waals surface area contributed by atoms with Crippen molar-refractivity contribution in [1.29, 1.82) is 0 Å². The van der Waals surface area contributed by atoms with Crippen LogP contribution in [-0.4, -0.2) is 46.6 Å². The first-order chi connectivity index (χ1) is 16.0. The molecule has 178 valence electrons. The number of hydrogen-bond acceptors (Lipinski definition) is 7. The number of esters is 1. The van der Waals surface area contributed by atoms with E-state index in [-0.39, 0.29) is 24.8 Å². The van der Waals surface area contributed by atoms with E-state index in [1.807, 2.05) is 6.92 Å². The van der Waals surface area contributed by atoms with Gasteiger partial charge in [-0.15, -0.1) is 33.9 Å². The molecule has 1 aromatic carbocycles. The molecule has 0 amide bonds. The molecule has 1 N–H and O–H groups in total. The maximum atomic E-state index is 12.2. The van der Waals surface area contributed by atoms with Gasteiger partial charge in [0.2, 0.25) is 0 Å². The summed E-state index contributed by atoms with van der Waals surface area (Å²) in [6, 6.07) is 8.16. The number of thiophene rings is 1. The Labute approximate surface area is 209 Å². The summed E-state index contributed by atoms with van der Waals surface area (Å²) in [5.74, 6) is 1.14. The first kappa shape index (κ1) is 24.3. The minimum absolute atomic E-state index is 0. The molecule has 4 heterocycles. The van der Waals surface area contributed by atoms with Gasteiger partial charge in [0.25, 0.3) is 0 Å². The summed E-state index contributed by atoms with van der Waals surface area (Å²) in [4.78, 5) is 18.6. The third-order valence-corrected chi connectivity index (χ3v) is 7.61. The molecule has 34 heavy (non-hydrogen) atoms. The molecular formula is C25H28ClN5O2S. The Balaban J connectivity index is 0.00000274. The lowest BCUT2D eigenvalue weighted by atomic mass is 9.95. The molecule has 0 fully saturated rings. The minimum Gasteiger partial charge on any atom is -0.469 e. The largest absolute Gasteiger partial charge is 0.469 e. The van der Waals surface area contributed by atoms with Crippen LogP contribution >= 0.6 is 23.7 Å². The highest BCUT2D eigenvalue weighted by Gasteiger charge is 2.32. The molecule has 7 nitrogen and oxygen atoms in total. The number of hydrogen-bond donors (Lipinski definition) is 1. The van der Waals surface area contributed by atoms with Crippen molar-refractivity contribution in [3.05, 3.63) is 69.1 Å². The number of aryl methyl sites for hydroxylation is 2. The monoisotopic (exact) mass is 497 g/mol. The van der Waals surface area contributed by atoms with Crippen LogP contribution in [0.2, 0.25) is 0 Å². The maximum Gasteiger partial charge on any atom is 0.308 e. The number of halogens is 1. The van der Waals surface area contributed by atoms with E-state index in [1.165, 1.54) is 28.7 Å². The Kier molecular flexibility index (Phi) is 7.02. The summed E-state index contributed by atoms with van der Waals surface area (Å²) < 4.78 is 7.02. The lowest BCUT2D eigenvalue weighted by molar-refractivity contribution is -0.141. The molecule has 0 spiro atoms. The Morgan fingerprint density at radius 2 is 1.91 bits per heavy atom. The normalized spacial score (nSPS) is 17.0. The van der Waals surface area contributed by atoms with Crippen LogP contribution in [-0.2, 0) is 9.53 Å². The van der Waals surface area contributed by atoms with Gasteiger partial charge in [0.05, 0.1) is 19.2 Å². The molecule has 2 aromatic heterocycles. The molecule has 5 rings (SSSR count). The van der Waals surface area contributed by atoms with Crippen molar-refractivity contribution in [3.63, 3.8) is 0 Å². The first-order valence-electron chi connectivity index (χ1n) is 11.2. The first-order valence-corrected chi connectivity index (χ1v) is 12.0. The number of ether oxygens (including phenoxy) is 1. The molecule has 0 radical (unpaired) electrons. The Morgan fingerprint density at radius 3 is 2.59 bits per heavy atom. The van der Waals surface area contributed by atoms with E-state index in [4.69, 9.17) is 9.73 Å². The summed E-state index contributed by atoms with van der Waals surface area (Å²) >= 11 is 1.71. The zero-order valence-electron chi connectivity index (χ0n) is 19.7. The van der Waals surface area contributed by atoms with E-state index in [2.05, 4.69) is 64.3 Å². The van der Waals surface area contributed by atoms with Gasteiger partial charge in [0, 0.05) is 22.5 Å². The van der Waals surface area contributed by atoms with Crippen molar-refractivity contribution in [2.24, 2.45) is 4.99 Å². The molecule has 0 unspecified atom stereocenters. The molecule has 0 saturated carbocycles. The summed E-state index contributed by atoms with van der Waals surface area (Å²) in [7, 11) is 1.40. The molecular weight excluding hydrogens is 470 g/mol. The second-order valence-electron chi connectivity index (χ2n) is 8.44. The SMILES string of the molecule is COC(=O)C[C@@H]1N=C(c2ccc(C3=CCNCC3)cc2)c2c(sc(C)c2C)-n2c(C)nnc21.Cl. The Bertz CT molecular complexity index is 1290. The molecule has 0 bridgehead atoms. The molecule has 2 aliphatic heterocycles. The average Bonchev–Trinajstić information content (AvgIpc) is 3.31. The number of carbonyl (C=O) groups excluding carboxylic acids is 1. The number of fused-ring (bicyclic) bond motifs is 3. The van der Waals surface area contributed by atoms with Crippen LogP contribution in [0.1, 0.15) is 57.7 Å². The minimum atomic E-state index is -0.472. The van der Waals surface area contributed by atoms with Crippen molar-refractivity contribution in [2.75, 3.05) is 20.2 Å². The van der Waals surface area contributed by atoms with E-state index in [0.29, 0.717) is 5.82 Å². The van der Waals surface area contributed by atoms with Crippen LogP contribution < -0.4 is 5.32 Å². The Morgan fingerprint density at radius 1 is 1.18 bits per heavy atom. The highest BCUT2D eigenvalue weighted by Crippen LogP contribution is 2.39. The van der Waals surface area contributed by atoms with Gasteiger partial charge in [-0.3, -0.25) is 14.4 Å². The summed E-state index contributed by atoms with van der Waals surface area (Å²) in [5, 5.41) is 13.1. The van der Waals surface area contributed by atoms with E-state index in [9.17, 15) is 4.79 Å². The quantitative estimate of drug-likeness (QED) is 0.536. The van der Waals surface area contributed by atoms with Crippen molar-refractivity contribution in [1.82, 2.24) is 20.1 Å². The number of nitrogens with one attached hydrogen (secondary N) is 1. The van der Waals surface area contributed by atoms with Crippen LogP contribution in [0.15, 0.2) is 35.3 Å². The number of nitrogens with zero attached hydrogens (tertiary/aromatic N) is 4. The highest BCUT2D eigenvalue weighted by atomic mass is 35.5. The van der Waals surface area contributed by atoms with Crippen LogP contribution in [0.3, 0.4) is 0 Å². The second-order valence-corrected chi connectivity index (χ2v) is 9.64. The van der Waals surface area contributed by atoms with Gasteiger partial charge in [-0.2, -0.15) is 0 Å². The molecule has 0 aliphatic carbocycles. The standard InChI is InChI=1S/C25H27N5O2S.ClH/c1-14-15(2)33-25-22(14)23(19-7-5-17(6-8-19)18-9-11-26-12-10-18)27-20(13-21(31)32-4)24-29-28-16(3)30(24)25;/h5-9,20,26H,10-13H2,1-4H3;1H/t20-;/m0./s1. The molecule has 2 aliphatic rings. The van der Waals surface area contributed by atoms with Crippen LogP contribution in [0.4, 0.5) is 0 Å². The summed E-state index contributed by atoms with van der Waals surface area (Å²) in [6.45, 7) is 8.12. The van der Waals surface area contributed by atoms with Gasteiger partial charge < -0.3 is 10.1 Å². The van der Waals surface area contributed by atoms with E-state index in [0.717, 1.165) is 47.2 Å². The van der Waals surface area contributed by atoms with Gasteiger partial charge in [0.1, 0.15) is 16.9 Å². The van der Waals surface area contributed by atoms with Crippen LogP contribution in [0.5, 0.6) is 0 Å². The highest BCUT2D eigenvalue weighted by molar-refractivity contribution is 7.15. The molecule has 0 saturated heterocycles. The lowest BCUT2D eigenvalue weighted by Gasteiger charge is -2.15. The number of methoxy groups -OCH3 is 1. The molecule has 1 atom stereocenters. The Hall–Kier alpha value is -2.81. The number of aromatic nitrogens is 3. The predicted molar refractivity (Wildman–Crippen MR) is 138 cm³/mol. The summed E-state index contributed by atoms with van der Waals surface area (Å²) in [6.07, 6.45) is 3.40. The van der Waals surface area contributed by atoms with Gasteiger partial charge in [-0.1, -0.05) is 30.3 Å². The number of aliphatic imine (C=N–C) groups is 1. The second kappa shape index (κ2) is 9.82. The number of benzene rings is 1. The van der Waals surface area contributed by atoms with Gasteiger partial charge in [-0.05, 0) is 50.4 Å². The van der Waals surface area contributed by atoms with Gasteiger partial charge in [0.15, 0.2) is 5.82 Å². The zero-order valence-corrected chi connectivity index (χ0v) is 21.3. The van der Waals surface area contributed by atoms with Crippen molar-refractivity contribution in [2.45, 2.75) is 39.7 Å². The van der Waals surface area contributed by atoms with E-state index in [1.54, 1.807) is 11.3 Å². The lowest BCUT2D eigenvalue weighted by Crippen LogP contribution is -2.20. The number of carbonyl (C=O) groups is 1. The zero-order chi connectivity index (χ0) is 23.1. The van der Waals surface area contributed by atoms with E-state index >= 15 is 0 Å². The fraction of sp³-hybridized carbons (Fsp3) is 0.360. The third-order valence-electron chi connectivity index (χ3n) is 6.42. The smallest absolute Gasteiger partial charge is 0.308 e. The summed E-state index contributed by atoms with van der Waals surface area (Å²) in [5.41, 5.74) is 6.81. The topological polar surface area (TPSA) is 81.4 Å². The molecule has 9 heteroatoms. The maximum absolute atomic E-state index is 12.2. The van der Waals surface area contributed by atoms with Gasteiger partial charge in [-0.25, -0.2) is 0 Å². The number of rotatable bonds is 4. The predicted octanol–water partition coefficient (Wildman–Crippen LogP) is 4.51. The van der Waals surface area contributed by atoms with Crippen molar-refractivity contribution < 1.29 is 9.53 Å². The van der Waals surface area contributed by atoms with Crippen molar-refractivity contribution in [3.8, 4) is 5.00 Å². The fourth-order valence-corrected chi connectivity index (χ4v) is 5.71.